The molecule has 100 valence electrons. The van der Waals surface area contributed by atoms with Gasteiger partial charge in [-0.05, 0) is 25.0 Å². The van der Waals surface area contributed by atoms with E-state index in [0.29, 0.717) is 10.8 Å². The molecule has 1 aliphatic carbocycles. The maximum atomic E-state index is 3.69. The standard InChI is InChI=1S/C14H28N2S/c1-4-12(2)13-10-16(9-8-15-13)11-14(17-3)6-5-7-14/h12-13,15H,4-11H2,1-3H3. The first-order chi connectivity index (χ1) is 8.19. The molecule has 0 aromatic rings. The van der Waals surface area contributed by atoms with Crippen LogP contribution in [0.3, 0.4) is 0 Å². The van der Waals surface area contributed by atoms with Crippen LogP contribution in [-0.4, -0.2) is 48.1 Å². The second-order valence-corrected chi connectivity index (χ2v) is 7.20. The van der Waals surface area contributed by atoms with E-state index in [4.69, 9.17) is 0 Å². The summed E-state index contributed by atoms with van der Waals surface area (Å²) < 4.78 is 0.608. The Balaban J connectivity index is 1.84. The number of thioether (sulfide) groups is 1. The van der Waals surface area contributed by atoms with E-state index in [9.17, 15) is 0 Å². The van der Waals surface area contributed by atoms with E-state index < -0.39 is 0 Å². The van der Waals surface area contributed by atoms with Gasteiger partial charge in [0, 0.05) is 37.0 Å². The van der Waals surface area contributed by atoms with Crippen LogP contribution in [0.1, 0.15) is 39.5 Å². The predicted molar refractivity (Wildman–Crippen MR) is 77.8 cm³/mol. The topological polar surface area (TPSA) is 15.3 Å². The molecule has 0 bridgehead atoms. The molecule has 0 aromatic heterocycles. The molecular weight excluding hydrogens is 228 g/mol. The fourth-order valence-electron chi connectivity index (χ4n) is 3.06. The van der Waals surface area contributed by atoms with Gasteiger partial charge < -0.3 is 5.32 Å². The molecule has 2 nitrogen and oxygen atoms in total. The number of nitrogens with zero attached hydrogens (tertiary/aromatic N) is 1. The lowest BCUT2D eigenvalue weighted by molar-refractivity contribution is 0.137. The van der Waals surface area contributed by atoms with Gasteiger partial charge in [0.15, 0.2) is 0 Å². The molecule has 3 heteroatoms. The highest BCUT2D eigenvalue weighted by atomic mass is 32.2. The summed E-state index contributed by atoms with van der Waals surface area (Å²) in [7, 11) is 0. The number of rotatable bonds is 5. The minimum atomic E-state index is 0.608. The normalized spacial score (nSPS) is 30.9. The van der Waals surface area contributed by atoms with Crippen molar-refractivity contribution < 1.29 is 0 Å². The Morgan fingerprint density at radius 3 is 2.76 bits per heavy atom. The monoisotopic (exact) mass is 256 g/mol. The van der Waals surface area contributed by atoms with Gasteiger partial charge in [-0.15, -0.1) is 0 Å². The Morgan fingerprint density at radius 2 is 2.24 bits per heavy atom. The van der Waals surface area contributed by atoms with Crippen molar-refractivity contribution in [3.63, 3.8) is 0 Å². The lowest BCUT2D eigenvalue weighted by Gasteiger charge is -2.46. The second kappa shape index (κ2) is 5.94. The van der Waals surface area contributed by atoms with E-state index in [-0.39, 0.29) is 0 Å². The van der Waals surface area contributed by atoms with Gasteiger partial charge in [0.25, 0.3) is 0 Å². The van der Waals surface area contributed by atoms with Crippen molar-refractivity contribution in [3.05, 3.63) is 0 Å². The lowest BCUT2D eigenvalue weighted by Crippen LogP contribution is -2.57. The highest BCUT2D eigenvalue weighted by Crippen LogP contribution is 2.43. The van der Waals surface area contributed by atoms with E-state index in [1.54, 1.807) is 0 Å². The third-order valence-corrected chi connectivity index (χ3v) is 6.23. The Labute approximate surface area is 111 Å². The van der Waals surface area contributed by atoms with Gasteiger partial charge in [0.05, 0.1) is 0 Å². The SMILES string of the molecule is CCC(C)C1CN(CC2(SC)CCC2)CCN1. The predicted octanol–water partition coefficient (Wildman–Crippen LogP) is 2.59. The van der Waals surface area contributed by atoms with Crippen molar-refractivity contribution in [1.82, 2.24) is 10.2 Å². The fourth-order valence-corrected chi connectivity index (χ4v) is 4.07. The number of hydrogen-bond donors (Lipinski definition) is 1. The van der Waals surface area contributed by atoms with Gasteiger partial charge in [0.2, 0.25) is 0 Å². The largest absolute Gasteiger partial charge is 0.311 e. The Kier molecular flexibility index (Phi) is 4.79. The summed E-state index contributed by atoms with van der Waals surface area (Å²) in [5.41, 5.74) is 0. The number of hydrogen-bond acceptors (Lipinski definition) is 3. The molecule has 17 heavy (non-hydrogen) atoms. The quantitative estimate of drug-likeness (QED) is 0.814. The summed E-state index contributed by atoms with van der Waals surface area (Å²) in [6.45, 7) is 9.70. The third kappa shape index (κ3) is 3.18. The highest BCUT2D eigenvalue weighted by molar-refractivity contribution is 8.00. The van der Waals surface area contributed by atoms with E-state index >= 15 is 0 Å². The van der Waals surface area contributed by atoms with Crippen LogP contribution in [0.15, 0.2) is 0 Å². The Hall–Kier alpha value is 0.270. The van der Waals surface area contributed by atoms with Crippen LogP contribution in [0, 0.1) is 5.92 Å². The fraction of sp³-hybridized carbons (Fsp3) is 1.00. The van der Waals surface area contributed by atoms with Crippen molar-refractivity contribution in [2.45, 2.75) is 50.3 Å². The van der Waals surface area contributed by atoms with Crippen LogP contribution < -0.4 is 5.32 Å². The van der Waals surface area contributed by atoms with Gasteiger partial charge in [-0.25, -0.2) is 0 Å². The van der Waals surface area contributed by atoms with Crippen molar-refractivity contribution in [2.75, 3.05) is 32.4 Å². The van der Waals surface area contributed by atoms with E-state index in [1.165, 1.54) is 51.9 Å². The average Bonchev–Trinajstić information content (AvgIpc) is 2.33. The summed E-state index contributed by atoms with van der Waals surface area (Å²) in [5, 5.41) is 3.69. The lowest BCUT2D eigenvalue weighted by atomic mass is 9.83. The molecule has 0 radical (unpaired) electrons. The first-order valence-electron chi connectivity index (χ1n) is 7.20. The van der Waals surface area contributed by atoms with E-state index in [0.717, 1.165) is 5.92 Å². The summed E-state index contributed by atoms with van der Waals surface area (Å²) in [6.07, 6.45) is 7.91. The van der Waals surface area contributed by atoms with Gasteiger partial charge in [-0.3, -0.25) is 4.90 Å². The van der Waals surface area contributed by atoms with Crippen LogP contribution in [-0.2, 0) is 0 Å². The summed E-state index contributed by atoms with van der Waals surface area (Å²) in [6, 6.07) is 0.715. The molecule has 2 rings (SSSR count). The van der Waals surface area contributed by atoms with Crippen molar-refractivity contribution >= 4 is 11.8 Å². The Bertz CT molecular complexity index is 235. The molecule has 1 saturated heterocycles. The molecular formula is C14H28N2S. The Morgan fingerprint density at radius 1 is 1.47 bits per heavy atom. The maximum Gasteiger partial charge on any atom is 0.0284 e. The van der Waals surface area contributed by atoms with Crippen LogP contribution in [0.5, 0.6) is 0 Å². The molecule has 2 atom stereocenters. The second-order valence-electron chi connectivity index (χ2n) is 5.92. The first-order valence-corrected chi connectivity index (χ1v) is 8.42. The minimum absolute atomic E-state index is 0.608. The molecule has 2 aliphatic rings. The maximum absolute atomic E-state index is 3.69. The van der Waals surface area contributed by atoms with Crippen molar-refractivity contribution in [2.24, 2.45) is 5.92 Å². The van der Waals surface area contributed by atoms with Crippen molar-refractivity contribution in [3.8, 4) is 0 Å². The zero-order valence-electron chi connectivity index (χ0n) is 11.7. The summed E-state index contributed by atoms with van der Waals surface area (Å²) >= 11 is 2.11. The molecule has 1 N–H and O–H groups in total. The molecule has 0 aromatic carbocycles. The third-order valence-electron chi connectivity index (χ3n) is 4.83. The number of nitrogens with one attached hydrogen (secondary N) is 1. The first kappa shape index (κ1) is 13.7. The molecule has 2 unspecified atom stereocenters. The van der Waals surface area contributed by atoms with E-state index in [1.807, 2.05) is 0 Å². The van der Waals surface area contributed by atoms with Crippen LogP contribution in [0.25, 0.3) is 0 Å². The summed E-state index contributed by atoms with van der Waals surface area (Å²) in [4.78, 5) is 2.71. The average molecular weight is 256 g/mol. The number of piperazine rings is 1. The van der Waals surface area contributed by atoms with Crippen molar-refractivity contribution in [1.29, 1.82) is 0 Å². The molecule has 1 heterocycles. The molecule has 0 spiro atoms. The minimum Gasteiger partial charge on any atom is -0.311 e. The van der Waals surface area contributed by atoms with Crippen LogP contribution >= 0.6 is 11.8 Å². The van der Waals surface area contributed by atoms with Gasteiger partial charge >= 0.3 is 0 Å². The zero-order valence-corrected chi connectivity index (χ0v) is 12.5. The molecule has 1 saturated carbocycles. The summed E-state index contributed by atoms with van der Waals surface area (Å²) in [5.74, 6) is 0.810. The molecule has 2 fully saturated rings. The smallest absolute Gasteiger partial charge is 0.0284 e. The van der Waals surface area contributed by atoms with Gasteiger partial charge in [0.1, 0.15) is 0 Å². The molecule has 1 aliphatic heterocycles. The van der Waals surface area contributed by atoms with Gasteiger partial charge in [-0.2, -0.15) is 11.8 Å². The molecule has 0 amide bonds. The van der Waals surface area contributed by atoms with E-state index in [2.05, 4.69) is 42.1 Å². The van der Waals surface area contributed by atoms with Crippen LogP contribution in [0.4, 0.5) is 0 Å². The highest BCUT2D eigenvalue weighted by Gasteiger charge is 2.38. The van der Waals surface area contributed by atoms with Crippen LogP contribution in [0.2, 0.25) is 0 Å². The van der Waals surface area contributed by atoms with Gasteiger partial charge in [-0.1, -0.05) is 26.7 Å². The zero-order chi connectivity index (χ0) is 12.3.